The molecule has 0 radical (unpaired) electrons. The average molecular weight is 233 g/mol. The molecule has 0 saturated heterocycles. The van der Waals surface area contributed by atoms with E-state index in [-0.39, 0.29) is 11.9 Å². The van der Waals surface area contributed by atoms with E-state index in [2.05, 4.69) is 5.32 Å². The lowest BCUT2D eigenvalue weighted by molar-refractivity contribution is 0.472. The van der Waals surface area contributed by atoms with E-state index in [0.717, 1.165) is 17.7 Å². The maximum atomic E-state index is 13.7. The number of hydrogen-bond donors (Lipinski definition) is 1. The minimum Gasteiger partial charge on any atom is -0.467 e. The first-order valence-electron chi connectivity index (χ1n) is 5.77. The standard InChI is InChI=1S/C14H16FNO/c1-3-12(13-8-5-9-17-13)16-14-10(2)6-4-7-11(14)15/h4-9,12,16H,3H2,1-2H3. The molecule has 1 N–H and O–H groups in total. The molecular formula is C14H16FNO. The highest BCUT2D eigenvalue weighted by atomic mass is 19.1. The Labute approximate surface area is 100 Å². The van der Waals surface area contributed by atoms with Crippen LogP contribution < -0.4 is 5.32 Å². The van der Waals surface area contributed by atoms with Crippen molar-refractivity contribution in [1.29, 1.82) is 0 Å². The molecule has 17 heavy (non-hydrogen) atoms. The Hall–Kier alpha value is -1.77. The largest absolute Gasteiger partial charge is 0.467 e. The van der Waals surface area contributed by atoms with Crippen LogP contribution >= 0.6 is 0 Å². The summed E-state index contributed by atoms with van der Waals surface area (Å²) in [5.74, 6) is 0.602. The molecule has 0 bridgehead atoms. The van der Waals surface area contributed by atoms with Gasteiger partial charge in [0.2, 0.25) is 0 Å². The van der Waals surface area contributed by atoms with Gasteiger partial charge in [0.25, 0.3) is 0 Å². The second kappa shape index (κ2) is 5.04. The fraction of sp³-hybridized carbons (Fsp3) is 0.286. The van der Waals surface area contributed by atoms with Gasteiger partial charge in [0.05, 0.1) is 18.0 Å². The van der Waals surface area contributed by atoms with Crippen LogP contribution in [0.15, 0.2) is 41.0 Å². The van der Waals surface area contributed by atoms with Gasteiger partial charge in [-0.25, -0.2) is 4.39 Å². The molecule has 1 heterocycles. The third-order valence-electron chi connectivity index (χ3n) is 2.84. The first-order chi connectivity index (χ1) is 8.22. The zero-order valence-corrected chi connectivity index (χ0v) is 10.0. The summed E-state index contributed by atoms with van der Waals surface area (Å²) in [7, 11) is 0. The second-order valence-electron chi connectivity index (χ2n) is 4.05. The summed E-state index contributed by atoms with van der Waals surface area (Å²) >= 11 is 0. The first-order valence-corrected chi connectivity index (χ1v) is 5.77. The predicted molar refractivity (Wildman–Crippen MR) is 66.5 cm³/mol. The monoisotopic (exact) mass is 233 g/mol. The van der Waals surface area contributed by atoms with Gasteiger partial charge < -0.3 is 9.73 Å². The van der Waals surface area contributed by atoms with E-state index in [1.807, 2.05) is 32.0 Å². The Morgan fingerprint density at radius 3 is 2.71 bits per heavy atom. The molecule has 0 aliphatic carbocycles. The lowest BCUT2D eigenvalue weighted by Crippen LogP contribution is -2.11. The van der Waals surface area contributed by atoms with Crippen molar-refractivity contribution in [2.75, 3.05) is 5.32 Å². The Morgan fingerprint density at radius 1 is 1.29 bits per heavy atom. The quantitative estimate of drug-likeness (QED) is 0.852. The maximum Gasteiger partial charge on any atom is 0.146 e. The number of anilines is 1. The lowest BCUT2D eigenvalue weighted by atomic mass is 10.1. The minimum absolute atomic E-state index is 0.000556. The molecule has 0 saturated carbocycles. The average Bonchev–Trinajstić information content (AvgIpc) is 2.82. The number of hydrogen-bond acceptors (Lipinski definition) is 2. The van der Waals surface area contributed by atoms with Crippen LogP contribution in [0.3, 0.4) is 0 Å². The van der Waals surface area contributed by atoms with E-state index in [4.69, 9.17) is 4.42 Å². The van der Waals surface area contributed by atoms with E-state index in [9.17, 15) is 4.39 Å². The summed E-state index contributed by atoms with van der Waals surface area (Å²) in [4.78, 5) is 0. The van der Waals surface area contributed by atoms with Gasteiger partial charge in [-0.2, -0.15) is 0 Å². The van der Waals surface area contributed by atoms with Gasteiger partial charge in [0, 0.05) is 0 Å². The van der Waals surface area contributed by atoms with Crippen molar-refractivity contribution in [3.63, 3.8) is 0 Å². The summed E-state index contributed by atoms with van der Waals surface area (Å²) in [6, 6.07) is 8.81. The Morgan fingerprint density at radius 2 is 2.12 bits per heavy atom. The lowest BCUT2D eigenvalue weighted by Gasteiger charge is -2.18. The van der Waals surface area contributed by atoms with Gasteiger partial charge in [-0.15, -0.1) is 0 Å². The van der Waals surface area contributed by atoms with Crippen LogP contribution in [-0.4, -0.2) is 0 Å². The molecule has 3 heteroatoms. The van der Waals surface area contributed by atoms with Gasteiger partial charge in [-0.3, -0.25) is 0 Å². The van der Waals surface area contributed by atoms with E-state index in [0.29, 0.717) is 5.69 Å². The number of rotatable bonds is 4. The molecule has 1 aromatic heterocycles. The molecule has 0 spiro atoms. The highest BCUT2D eigenvalue weighted by molar-refractivity contribution is 5.52. The smallest absolute Gasteiger partial charge is 0.146 e. The summed E-state index contributed by atoms with van der Waals surface area (Å²) < 4.78 is 19.0. The molecule has 2 rings (SSSR count). The molecule has 2 aromatic rings. The number of benzene rings is 1. The van der Waals surface area contributed by atoms with E-state index in [1.54, 1.807) is 12.3 Å². The zero-order valence-electron chi connectivity index (χ0n) is 10.0. The van der Waals surface area contributed by atoms with E-state index < -0.39 is 0 Å². The highest BCUT2D eigenvalue weighted by Crippen LogP contribution is 2.26. The molecule has 0 aliphatic rings. The number of para-hydroxylation sites is 1. The van der Waals surface area contributed by atoms with Crippen molar-refractivity contribution in [3.8, 4) is 0 Å². The normalized spacial score (nSPS) is 12.4. The highest BCUT2D eigenvalue weighted by Gasteiger charge is 2.14. The Kier molecular flexibility index (Phi) is 3.47. The van der Waals surface area contributed by atoms with Gasteiger partial charge in [-0.1, -0.05) is 19.1 Å². The number of nitrogens with one attached hydrogen (secondary N) is 1. The van der Waals surface area contributed by atoms with Crippen molar-refractivity contribution >= 4 is 5.69 Å². The summed E-state index contributed by atoms with van der Waals surface area (Å²) in [5, 5.41) is 3.20. The molecule has 90 valence electrons. The number of furan rings is 1. The predicted octanol–water partition coefficient (Wildman–Crippen LogP) is 4.29. The van der Waals surface area contributed by atoms with Crippen LogP contribution in [0.5, 0.6) is 0 Å². The van der Waals surface area contributed by atoms with Crippen LogP contribution in [0.1, 0.15) is 30.7 Å². The molecule has 2 nitrogen and oxygen atoms in total. The van der Waals surface area contributed by atoms with E-state index >= 15 is 0 Å². The van der Waals surface area contributed by atoms with Crippen LogP contribution in [0.2, 0.25) is 0 Å². The molecular weight excluding hydrogens is 217 g/mol. The fourth-order valence-electron chi connectivity index (χ4n) is 1.85. The SMILES string of the molecule is CCC(Nc1c(C)cccc1F)c1ccco1. The molecule has 1 unspecified atom stereocenters. The van der Waals surface area contributed by atoms with Crippen LogP contribution in [0, 0.1) is 12.7 Å². The second-order valence-corrected chi connectivity index (χ2v) is 4.05. The zero-order chi connectivity index (χ0) is 12.3. The third kappa shape index (κ3) is 2.49. The summed E-state index contributed by atoms with van der Waals surface area (Å²) in [6.45, 7) is 3.93. The van der Waals surface area contributed by atoms with Crippen molar-refractivity contribution in [3.05, 3.63) is 53.7 Å². The van der Waals surface area contributed by atoms with Gasteiger partial charge >= 0.3 is 0 Å². The Bertz CT molecular complexity index is 459. The van der Waals surface area contributed by atoms with Crippen molar-refractivity contribution in [1.82, 2.24) is 0 Å². The van der Waals surface area contributed by atoms with Gasteiger partial charge in [0.15, 0.2) is 0 Å². The molecule has 0 aliphatic heterocycles. The van der Waals surface area contributed by atoms with Crippen molar-refractivity contribution in [2.24, 2.45) is 0 Å². The number of aryl methyl sites for hydroxylation is 1. The molecule has 1 aromatic carbocycles. The molecule has 0 amide bonds. The molecule has 1 atom stereocenters. The Balaban J connectivity index is 2.25. The topological polar surface area (TPSA) is 25.2 Å². The van der Waals surface area contributed by atoms with Crippen LogP contribution in [0.25, 0.3) is 0 Å². The van der Waals surface area contributed by atoms with Crippen LogP contribution in [0.4, 0.5) is 10.1 Å². The first kappa shape index (κ1) is 11.7. The fourth-order valence-corrected chi connectivity index (χ4v) is 1.85. The maximum absolute atomic E-state index is 13.7. The van der Waals surface area contributed by atoms with Crippen LogP contribution in [-0.2, 0) is 0 Å². The van der Waals surface area contributed by atoms with Gasteiger partial charge in [-0.05, 0) is 37.1 Å². The minimum atomic E-state index is -0.227. The molecule has 0 fully saturated rings. The summed E-state index contributed by atoms with van der Waals surface area (Å²) in [5.41, 5.74) is 1.45. The number of halogens is 1. The van der Waals surface area contributed by atoms with Crippen molar-refractivity contribution < 1.29 is 8.81 Å². The van der Waals surface area contributed by atoms with E-state index in [1.165, 1.54) is 6.07 Å². The third-order valence-corrected chi connectivity index (χ3v) is 2.84. The van der Waals surface area contributed by atoms with Crippen molar-refractivity contribution in [2.45, 2.75) is 26.3 Å². The van der Waals surface area contributed by atoms with Gasteiger partial charge in [0.1, 0.15) is 11.6 Å². The summed E-state index contributed by atoms with van der Waals surface area (Å²) in [6.07, 6.45) is 2.47.